The Morgan fingerprint density at radius 3 is 2.36 bits per heavy atom. The Hall–Kier alpha value is -2.87. The van der Waals surface area contributed by atoms with E-state index in [2.05, 4.69) is 0 Å². The topological polar surface area (TPSA) is 76.2 Å². The number of Topliss-reactive ketones (excluding diaryl/α,β-unsaturated/α-hetero) is 1. The lowest BCUT2D eigenvalue weighted by Crippen LogP contribution is -2.51. The Balaban J connectivity index is 1.52. The molecule has 0 aliphatic carbocycles. The van der Waals surface area contributed by atoms with Crippen LogP contribution in [0.5, 0.6) is 11.5 Å². The van der Waals surface area contributed by atoms with Gasteiger partial charge >= 0.3 is 0 Å². The molecule has 8 heteroatoms. The van der Waals surface area contributed by atoms with E-state index in [1.54, 1.807) is 28.0 Å². The maximum atomic E-state index is 12.5. The second-order valence-electron chi connectivity index (χ2n) is 6.36. The molecule has 7 nitrogen and oxygen atoms in total. The first-order valence-electron chi connectivity index (χ1n) is 8.92. The van der Waals surface area contributed by atoms with Gasteiger partial charge in [-0.2, -0.15) is 0 Å². The number of piperazine rings is 1. The molecule has 1 aliphatic heterocycles. The molecule has 0 spiro atoms. The van der Waals surface area contributed by atoms with Crippen LogP contribution in [-0.4, -0.2) is 67.3 Å². The molecule has 148 valence electrons. The highest BCUT2D eigenvalue weighted by molar-refractivity contribution is 7.12. The fraction of sp³-hybridized carbons (Fsp3) is 0.350. The number of hydrogen-bond donors (Lipinski definition) is 0. The minimum atomic E-state index is -0.152. The van der Waals surface area contributed by atoms with Gasteiger partial charge in [0.05, 0.1) is 12.0 Å². The standard InChI is InChI=1S/C20H22N2O5S/c1-14(23)15-5-6-16(17(12-15)26-2)27-13-19(24)21-7-9-22(10-8-21)20(25)18-4-3-11-28-18/h3-6,11-12H,7-10,13H2,1-2H3. The number of hydrogen-bond acceptors (Lipinski definition) is 6. The van der Waals surface area contributed by atoms with Gasteiger partial charge in [0, 0.05) is 31.7 Å². The van der Waals surface area contributed by atoms with Crippen molar-refractivity contribution in [3.63, 3.8) is 0 Å². The average Bonchev–Trinajstić information content (AvgIpc) is 3.26. The lowest BCUT2D eigenvalue weighted by atomic mass is 10.1. The van der Waals surface area contributed by atoms with Crippen LogP contribution in [0.1, 0.15) is 27.0 Å². The summed E-state index contributed by atoms with van der Waals surface area (Å²) in [6.07, 6.45) is 0. The van der Waals surface area contributed by atoms with E-state index >= 15 is 0 Å². The number of rotatable bonds is 6. The van der Waals surface area contributed by atoms with Crippen LogP contribution in [0.25, 0.3) is 0 Å². The van der Waals surface area contributed by atoms with Crippen LogP contribution in [0.4, 0.5) is 0 Å². The Labute approximate surface area is 167 Å². The van der Waals surface area contributed by atoms with E-state index in [0.29, 0.717) is 48.1 Å². The molecule has 0 unspecified atom stereocenters. The number of ketones is 1. The average molecular weight is 402 g/mol. The summed E-state index contributed by atoms with van der Waals surface area (Å²) in [5, 5.41) is 1.88. The zero-order chi connectivity index (χ0) is 20.1. The third kappa shape index (κ3) is 4.51. The fourth-order valence-corrected chi connectivity index (χ4v) is 3.64. The Morgan fingerprint density at radius 1 is 1.04 bits per heavy atom. The van der Waals surface area contributed by atoms with E-state index in [9.17, 15) is 14.4 Å². The van der Waals surface area contributed by atoms with Crippen LogP contribution in [0.3, 0.4) is 0 Å². The van der Waals surface area contributed by atoms with Crippen molar-refractivity contribution in [1.29, 1.82) is 0 Å². The number of methoxy groups -OCH3 is 1. The van der Waals surface area contributed by atoms with E-state index < -0.39 is 0 Å². The maximum Gasteiger partial charge on any atom is 0.264 e. The molecule has 0 N–H and O–H groups in total. The van der Waals surface area contributed by atoms with Crippen LogP contribution in [0, 0.1) is 0 Å². The number of thiophene rings is 1. The summed E-state index contributed by atoms with van der Waals surface area (Å²) < 4.78 is 10.8. The molecule has 2 heterocycles. The molecule has 2 aromatic rings. The molecule has 0 saturated carbocycles. The summed E-state index contributed by atoms with van der Waals surface area (Å²) >= 11 is 1.42. The van der Waals surface area contributed by atoms with Crippen molar-refractivity contribution in [2.24, 2.45) is 0 Å². The number of amides is 2. The van der Waals surface area contributed by atoms with E-state index in [-0.39, 0.29) is 24.2 Å². The van der Waals surface area contributed by atoms with Gasteiger partial charge < -0.3 is 19.3 Å². The van der Waals surface area contributed by atoms with Gasteiger partial charge in [-0.05, 0) is 36.6 Å². The van der Waals surface area contributed by atoms with Crippen LogP contribution < -0.4 is 9.47 Å². The molecule has 1 aromatic heterocycles. The summed E-state index contributed by atoms with van der Waals surface area (Å²) in [6, 6.07) is 8.52. The first-order chi connectivity index (χ1) is 13.5. The number of nitrogens with zero attached hydrogens (tertiary/aromatic N) is 2. The van der Waals surface area contributed by atoms with Gasteiger partial charge in [0.1, 0.15) is 0 Å². The van der Waals surface area contributed by atoms with Crippen molar-refractivity contribution in [2.45, 2.75) is 6.92 Å². The predicted molar refractivity (Wildman–Crippen MR) is 105 cm³/mol. The Morgan fingerprint density at radius 2 is 1.75 bits per heavy atom. The number of ether oxygens (including phenoxy) is 2. The summed E-state index contributed by atoms with van der Waals surface area (Å²) in [4.78, 5) is 40.4. The molecule has 3 rings (SSSR count). The molecule has 1 aliphatic rings. The molecular formula is C20H22N2O5S. The lowest BCUT2D eigenvalue weighted by molar-refractivity contribution is -0.134. The number of carbonyl (C=O) groups excluding carboxylic acids is 3. The summed E-state index contributed by atoms with van der Waals surface area (Å²) in [7, 11) is 1.48. The normalized spacial score (nSPS) is 13.9. The van der Waals surface area contributed by atoms with Gasteiger partial charge in [0.25, 0.3) is 11.8 Å². The Kier molecular flexibility index (Phi) is 6.30. The molecule has 1 saturated heterocycles. The van der Waals surface area contributed by atoms with Gasteiger partial charge in [-0.1, -0.05) is 6.07 Å². The van der Waals surface area contributed by atoms with Gasteiger partial charge in [-0.25, -0.2) is 0 Å². The van der Waals surface area contributed by atoms with Gasteiger partial charge in [-0.15, -0.1) is 11.3 Å². The second-order valence-corrected chi connectivity index (χ2v) is 7.31. The van der Waals surface area contributed by atoms with Crippen molar-refractivity contribution in [3.8, 4) is 11.5 Å². The first-order valence-corrected chi connectivity index (χ1v) is 9.80. The maximum absolute atomic E-state index is 12.5. The monoisotopic (exact) mass is 402 g/mol. The zero-order valence-electron chi connectivity index (χ0n) is 15.8. The van der Waals surface area contributed by atoms with E-state index in [0.717, 1.165) is 0 Å². The number of carbonyl (C=O) groups is 3. The smallest absolute Gasteiger partial charge is 0.264 e. The SMILES string of the molecule is COc1cc(C(C)=O)ccc1OCC(=O)N1CCN(C(=O)c2cccs2)CC1. The Bertz CT molecular complexity index is 857. The first kappa shape index (κ1) is 19.9. The van der Waals surface area contributed by atoms with Crippen molar-refractivity contribution in [2.75, 3.05) is 39.9 Å². The van der Waals surface area contributed by atoms with Gasteiger partial charge in [0.15, 0.2) is 23.9 Å². The summed E-state index contributed by atoms with van der Waals surface area (Å²) in [5.41, 5.74) is 0.516. The lowest BCUT2D eigenvalue weighted by Gasteiger charge is -2.34. The summed E-state index contributed by atoms with van der Waals surface area (Å²) in [5.74, 6) is 0.602. The van der Waals surface area contributed by atoms with Gasteiger partial charge in [-0.3, -0.25) is 14.4 Å². The highest BCUT2D eigenvalue weighted by atomic mass is 32.1. The largest absolute Gasteiger partial charge is 0.493 e. The minimum Gasteiger partial charge on any atom is -0.493 e. The third-order valence-corrected chi connectivity index (χ3v) is 5.43. The molecule has 0 radical (unpaired) electrons. The van der Waals surface area contributed by atoms with Crippen LogP contribution in [0.2, 0.25) is 0 Å². The molecule has 28 heavy (non-hydrogen) atoms. The van der Waals surface area contributed by atoms with Crippen molar-refractivity contribution >= 4 is 28.9 Å². The number of benzene rings is 1. The summed E-state index contributed by atoms with van der Waals surface area (Å²) in [6.45, 7) is 3.29. The molecule has 1 aromatic carbocycles. The highest BCUT2D eigenvalue weighted by Gasteiger charge is 2.25. The zero-order valence-corrected chi connectivity index (χ0v) is 16.7. The van der Waals surface area contributed by atoms with Crippen LogP contribution in [0.15, 0.2) is 35.7 Å². The minimum absolute atomic E-state index is 0.00801. The highest BCUT2D eigenvalue weighted by Crippen LogP contribution is 2.28. The van der Waals surface area contributed by atoms with Gasteiger partial charge in [0.2, 0.25) is 0 Å². The van der Waals surface area contributed by atoms with Crippen molar-refractivity contribution < 1.29 is 23.9 Å². The molecule has 0 atom stereocenters. The fourth-order valence-electron chi connectivity index (χ4n) is 2.95. The van der Waals surface area contributed by atoms with E-state index in [4.69, 9.17) is 9.47 Å². The molecule has 0 bridgehead atoms. The third-order valence-electron chi connectivity index (χ3n) is 4.57. The predicted octanol–water partition coefficient (Wildman–Crippen LogP) is 2.32. The molecule has 1 fully saturated rings. The van der Waals surface area contributed by atoms with Crippen LogP contribution >= 0.6 is 11.3 Å². The van der Waals surface area contributed by atoms with Crippen LogP contribution in [-0.2, 0) is 4.79 Å². The molecule has 2 amide bonds. The van der Waals surface area contributed by atoms with E-state index in [1.165, 1.54) is 25.4 Å². The van der Waals surface area contributed by atoms with E-state index in [1.807, 2.05) is 17.5 Å². The quantitative estimate of drug-likeness (QED) is 0.693. The molecular weight excluding hydrogens is 380 g/mol. The van der Waals surface area contributed by atoms with Crippen molar-refractivity contribution in [1.82, 2.24) is 9.80 Å². The van der Waals surface area contributed by atoms with Crippen molar-refractivity contribution in [3.05, 3.63) is 46.2 Å². The second kappa shape index (κ2) is 8.88.